The number of nitrogens with zero attached hydrogens (tertiary/aromatic N) is 3. The summed E-state index contributed by atoms with van der Waals surface area (Å²) in [5.74, 6) is 0. The van der Waals surface area contributed by atoms with Crippen molar-refractivity contribution in [1.82, 2.24) is 0 Å². The monoisotopic (exact) mass is 339 g/mol. The molecular weight excluding hydrogens is 326 g/mol. The molecule has 0 spiro atoms. The van der Waals surface area contributed by atoms with Gasteiger partial charge < -0.3 is 4.74 Å². The zero-order chi connectivity index (χ0) is 17.9. The van der Waals surface area contributed by atoms with E-state index in [4.69, 9.17) is 4.74 Å². The molecular formula is C17H13N3O5. The molecule has 1 heterocycles. The molecule has 8 nitrogen and oxygen atoms in total. The summed E-state index contributed by atoms with van der Waals surface area (Å²) in [5, 5.41) is 22.8. The van der Waals surface area contributed by atoms with E-state index in [1.165, 1.54) is 30.5 Å². The lowest BCUT2D eigenvalue weighted by molar-refractivity contribution is -0.397. The Morgan fingerprint density at radius 2 is 1.60 bits per heavy atom. The Labute approximate surface area is 142 Å². The van der Waals surface area contributed by atoms with Crippen LogP contribution in [-0.4, -0.2) is 16.1 Å². The number of aliphatic imine (C=N–C) groups is 1. The predicted octanol–water partition coefficient (Wildman–Crippen LogP) is 3.51. The second kappa shape index (κ2) is 6.62. The summed E-state index contributed by atoms with van der Waals surface area (Å²) in [4.78, 5) is 25.7. The van der Waals surface area contributed by atoms with Crippen LogP contribution < -0.4 is 0 Å². The minimum absolute atomic E-state index is 0.0890. The van der Waals surface area contributed by atoms with Crippen LogP contribution >= 0.6 is 0 Å². The van der Waals surface area contributed by atoms with Gasteiger partial charge in [0.15, 0.2) is 5.56 Å². The minimum atomic E-state index is -1.61. The van der Waals surface area contributed by atoms with Gasteiger partial charge in [0.05, 0.1) is 16.5 Å². The van der Waals surface area contributed by atoms with Crippen molar-refractivity contribution in [3.8, 4) is 0 Å². The topological polar surface area (TPSA) is 108 Å². The Balaban J connectivity index is 2.09. The van der Waals surface area contributed by atoms with Crippen LogP contribution in [0, 0.1) is 20.2 Å². The highest BCUT2D eigenvalue weighted by atomic mass is 16.6. The largest absolute Gasteiger partial charge is 0.341 e. The van der Waals surface area contributed by atoms with Gasteiger partial charge in [-0.3, -0.25) is 20.2 Å². The van der Waals surface area contributed by atoms with Crippen molar-refractivity contribution in [3.63, 3.8) is 0 Å². The number of hydrogen-bond donors (Lipinski definition) is 0. The Bertz CT molecular complexity index is 833. The van der Waals surface area contributed by atoms with E-state index in [0.29, 0.717) is 0 Å². The molecule has 1 atom stereocenters. The molecule has 0 saturated carbocycles. The fraction of sp³-hybridized carbons (Fsp3) is 0.118. The minimum Gasteiger partial charge on any atom is -0.341 e. The molecule has 0 radical (unpaired) electrons. The summed E-state index contributed by atoms with van der Waals surface area (Å²) >= 11 is 0. The third-order valence-electron chi connectivity index (χ3n) is 3.75. The van der Waals surface area contributed by atoms with E-state index in [0.717, 1.165) is 5.56 Å². The Morgan fingerprint density at radius 3 is 2.12 bits per heavy atom. The van der Waals surface area contributed by atoms with Crippen molar-refractivity contribution in [2.24, 2.45) is 4.99 Å². The van der Waals surface area contributed by atoms with Crippen molar-refractivity contribution in [2.45, 2.75) is 12.3 Å². The van der Waals surface area contributed by atoms with Gasteiger partial charge in [0.1, 0.15) is 0 Å². The predicted molar refractivity (Wildman–Crippen MR) is 90.3 cm³/mol. The fourth-order valence-electron chi connectivity index (χ4n) is 2.64. The maximum atomic E-state index is 11.4. The highest BCUT2D eigenvalue weighted by molar-refractivity contribution is 5.77. The normalized spacial score (nSPS) is 18.4. The molecule has 0 aliphatic carbocycles. The zero-order valence-electron chi connectivity index (χ0n) is 12.9. The Kier molecular flexibility index (Phi) is 4.36. The van der Waals surface area contributed by atoms with Gasteiger partial charge in [0.2, 0.25) is 5.72 Å². The van der Waals surface area contributed by atoms with Crippen LogP contribution in [0.15, 0.2) is 65.7 Å². The number of rotatable bonds is 6. The summed E-state index contributed by atoms with van der Waals surface area (Å²) in [6.07, 6.45) is 4.43. The second-order valence-electron chi connectivity index (χ2n) is 5.29. The summed E-state index contributed by atoms with van der Waals surface area (Å²) in [6.45, 7) is 0.0890. The quantitative estimate of drug-likeness (QED) is 0.591. The number of benzene rings is 2. The van der Waals surface area contributed by atoms with E-state index in [2.05, 4.69) is 4.99 Å². The molecule has 0 fully saturated rings. The van der Waals surface area contributed by atoms with Gasteiger partial charge in [-0.1, -0.05) is 30.3 Å². The third-order valence-corrected chi connectivity index (χ3v) is 3.75. The molecule has 2 aromatic carbocycles. The first-order chi connectivity index (χ1) is 12.0. The zero-order valence-corrected chi connectivity index (χ0v) is 12.9. The lowest BCUT2D eigenvalue weighted by Gasteiger charge is -2.24. The molecule has 0 bridgehead atoms. The molecule has 3 rings (SSSR count). The van der Waals surface area contributed by atoms with Gasteiger partial charge in [-0.25, -0.2) is 4.99 Å². The van der Waals surface area contributed by atoms with E-state index in [9.17, 15) is 20.2 Å². The van der Waals surface area contributed by atoms with Gasteiger partial charge in [-0.05, 0) is 23.8 Å². The van der Waals surface area contributed by atoms with Crippen molar-refractivity contribution in [2.75, 3.05) is 0 Å². The summed E-state index contributed by atoms with van der Waals surface area (Å²) in [5.41, 5.74) is -1.80. The first-order valence-corrected chi connectivity index (χ1v) is 7.37. The molecule has 1 unspecified atom stereocenters. The van der Waals surface area contributed by atoms with Gasteiger partial charge in [-0.2, -0.15) is 0 Å². The van der Waals surface area contributed by atoms with Crippen molar-refractivity contribution in [1.29, 1.82) is 0 Å². The molecule has 0 amide bonds. The highest BCUT2D eigenvalue weighted by Gasteiger charge is 2.44. The average Bonchev–Trinajstić information content (AvgIpc) is 3.10. The molecule has 0 aromatic heterocycles. The maximum absolute atomic E-state index is 11.4. The maximum Gasteiger partial charge on any atom is 0.284 e. The first kappa shape index (κ1) is 16.5. The lowest BCUT2D eigenvalue weighted by atomic mass is 9.99. The first-order valence-electron chi connectivity index (χ1n) is 7.37. The van der Waals surface area contributed by atoms with Crippen LogP contribution in [0.5, 0.6) is 0 Å². The smallest absolute Gasteiger partial charge is 0.284 e. The van der Waals surface area contributed by atoms with Crippen molar-refractivity contribution >= 4 is 17.6 Å². The molecule has 1 aliphatic heterocycles. The van der Waals surface area contributed by atoms with Gasteiger partial charge in [0, 0.05) is 18.3 Å². The molecule has 0 N–H and O–H groups in total. The number of nitro benzene ring substituents is 2. The summed E-state index contributed by atoms with van der Waals surface area (Å²) in [7, 11) is 0. The second-order valence-corrected chi connectivity index (χ2v) is 5.29. The molecule has 25 heavy (non-hydrogen) atoms. The van der Waals surface area contributed by atoms with Crippen molar-refractivity contribution < 1.29 is 14.6 Å². The number of hydrogen-bond acceptors (Lipinski definition) is 6. The van der Waals surface area contributed by atoms with Crippen LogP contribution in [0.2, 0.25) is 0 Å². The van der Waals surface area contributed by atoms with E-state index in [1.807, 2.05) is 30.3 Å². The van der Waals surface area contributed by atoms with E-state index in [1.54, 1.807) is 6.08 Å². The SMILES string of the molecule is O=[N+]([O-])c1cccc([N+](=O)[O-])c1C1(OCc2ccccc2)C=CC=N1. The molecule has 1 aliphatic rings. The number of allylic oxidation sites excluding steroid dienone is 1. The summed E-state index contributed by atoms with van der Waals surface area (Å²) in [6, 6.07) is 12.8. The Morgan fingerprint density at radius 1 is 0.960 bits per heavy atom. The molecule has 0 saturated heterocycles. The molecule has 2 aromatic rings. The molecule has 8 heteroatoms. The van der Waals surface area contributed by atoms with Crippen LogP contribution in [0.25, 0.3) is 0 Å². The van der Waals surface area contributed by atoms with Gasteiger partial charge >= 0.3 is 0 Å². The van der Waals surface area contributed by atoms with E-state index < -0.39 is 26.9 Å². The standard InChI is InChI=1S/C17H13N3O5/c21-19(22)14-8-4-9-15(20(23)24)16(14)17(10-5-11-18-17)25-12-13-6-2-1-3-7-13/h1-11H,12H2. The lowest BCUT2D eigenvalue weighted by Crippen LogP contribution is -2.26. The highest BCUT2D eigenvalue weighted by Crippen LogP contribution is 2.43. The van der Waals surface area contributed by atoms with Crippen LogP contribution in [0.4, 0.5) is 11.4 Å². The number of nitro groups is 2. The van der Waals surface area contributed by atoms with Crippen LogP contribution in [-0.2, 0) is 17.1 Å². The number of ether oxygens (including phenoxy) is 1. The van der Waals surface area contributed by atoms with Gasteiger partial charge in [0.25, 0.3) is 11.4 Å². The van der Waals surface area contributed by atoms with Crippen molar-refractivity contribution in [3.05, 3.63) is 92.0 Å². The van der Waals surface area contributed by atoms with E-state index >= 15 is 0 Å². The van der Waals surface area contributed by atoms with Gasteiger partial charge in [-0.15, -0.1) is 0 Å². The Hall–Kier alpha value is -3.39. The van der Waals surface area contributed by atoms with Crippen LogP contribution in [0.3, 0.4) is 0 Å². The fourth-order valence-corrected chi connectivity index (χ4v) is 2.64. The summed E-state index contributed by atoms with van der Waals surface area (Å²) < 4.78 is 5.85. The third kappa shape index (κ3) is 3.15. The van der Waals surface area contributed by atoms with Crippen LogP contribution in [0.1, 0.15) is 11.1 Å². The van der Waals surface area contributed by atoms with E-state index in [-0.39, 0.29) is 12.2 Å². The average molecular weight is 339 g/mol. The molecule has 126 valence electrons.